The molecule has 0 aliphatic rings. The molecule has 0 unspecified atom stereocenters. The molecule has 2 rings (SSSR count). The molecule has 0 fully saturated rings. The molecule has 0 spiro atoms. The van der Waals surface area contributed by atoms with E-state index < -0.39 is 10.7 Å². The van der Waals surface area contributed by atoms with Gasteiger partial charge in [0.05, 0.1) is 11.0 Å². The van der Waals surface area contributed by atoms with Gasteiger partial charge in [0.15, 0.2) is 0 Å². The van der Waals surface area contributed by atoms with E-state index in [1.54, 1.807) is 6.07 Å². The lowest BCUT2D eigenvalue weighted by Gasteiger charge is -2.08. The Balaban J connectivity index is 2.16. The number of non-ortho nitro benzene ring substituents is 1. The molecule has 19 heavy (non-hydrogen) atoms. The fourth-order valence-corrected chi connectivity index (χ4v) is 1.70. The summed E-state index contributed by atoms with van der Waals surface area (Å²) >= 11 is 0. The van der Waals surface area contributed by atoms with Crippen LogP contribution < -0.4 is 4.74 Å². The summed E-state index contributed by atoms with van der Waals surface area (Å²) in [5.74, 6) is 0.0343. The van der Waals surface area contributed by atoms with Crippen LogP contribution in [0.5, 0.6) is 5.75 Å². The zero-order valence-corrected chi connectivity index (χ0v) is 10.3. The van der Waals surface area contributed by atoms with Crippen molar-refractivity contribution in [1.29, 1.82) is 0 Å². The highest BCUT2D eigenvalue weighted by Gasteiger charge is 2.10. The number of hydrogen-bond acceptors (Lipinski definition) is 3. The molecule has 0 amide bonds. The quantitative estimate of drug-likeness (QED) is 0.624. The second-order valence-electron chi connectivity index (χ2n) is 4.13. The highest BCUT2D eigenvalue weighted by atomic mass is 19.1. The lowest BCUT2D eigenvalue weighted by atomic mass is 10.2. The summed E-state index contributed by atoms with van der Waals surface area (Å²) < 4.78 is 18.8. The van der Waals surface area contributed by atoms with Crippen molar-refractivity contribution in [2.24, 2.45) is 0 Å². The van der Waals surface area contributed by atoms with E-state index >= 15 is 0 Å². The molecule has 0 atom stereocenters. The zero-order chi connectivity index (χ0) is 13.8. The van der Waals surface area contributed by atoms with Crippen molar-refractivity contribution in [3.8, 4) is 5.75 Å². The molecule has 0 bridgehead atoms. The predicted octanol–water partition coefficient (Wildman–Crippen LogP) is 3.62. The number of benzene rings is 2. The Morgan fingerprint density at radius 2 is 2.00 bits per heavy atom. The van der Waals surface area contributed by atoms with Crippen LogP contribution in [0.15, 0.2) is 42.5 Å². The van der Waals surface area contributed by atoms with Crippen molar-refractivity contribution in [2.75, 3.05) is 0 Å². The number of aryl methyl sites for hydroxylation is 1. The third-order valence-corrected chi connectivity index (χ3v) is 2.64. The van der Waals surface area contributed by atoms with Crippen molar-refractivity contribution in [1.82, 2.24) is 0 Å². The standard InChI is InChI=1S/C14H12FNO3/c1-10-4-2-3-5-14(10)19-9-11-6-12(15)8-13(7-11)16(17)18/h2-8H,9H2,1H3. The molecule has 0 aliphatic heterocycles. The SMILES string of the molecule is Cc1ccccc1OCc1cc(F)cc([N+](=O)[O-])c1. The van der Waals surface area contributed by atoms with Gasteiger partial charge in [0, 0.05) is 6.07 Å². The molecule has 2 aromatic carbocycles. The lowest BCUT2D eigenvalue weighted by Crippen LogP contribution is -1.99. The fourth-order valence-electron chi connectivity index (χ4n) is 1.70. The first kappa shape index (κ1) is 13.0. The Morgan fingerprint density at radius 3 is 2.68 bits per heavy atom. The fraction of sp³-hybridized carbons (Fsp3) is 0.143. The summed E-state index contributed by atoms with van der Waals surface area (Å²) in [5, 5.41) is 10.6. The van der Waals surface area contributed by atoms with Crippen LogP contribution >= 0.6 is 0 Å². The number of para-hydroxylation sites is 1. The Morgan fingerprint density at radius 1 is 1.26 bits per heavy atom. The summed E-state index contributed by atoms with van der Waals surface area (Å²) in [6.07, 6.45) is 0. The van der Waals surface area contributed by atoms with E-state index in [0.29, 0.717) is 11.3 Å². The predicted molar refractivity (Wildman–Crippen MR) is 68.6 cm³/mol. The summed E-state index contributed by atoms with van der Waals surface area (Å²) in [5.41, 5.74) is 1.10. The molecule has 0 saturated heterocycles. The van der Waals surface area contributed by atoms with Crippen LogP contribution in [-0.2, 0) is 6.61 Å². The van der Waals surface area contributed by atoms with E-state index in [0.717, 1.165) is 11.6 Å². The maximum atomic E-state index is 13.2. The Kier molecular flexibility index (Phi) is 3.75. The van der Waals surface area contributed by atoms with Crippen LogP contribution in [0.4, 0.5) is 10.1 Å². The van der Waals surface area contributed by atoms with Crippen molar-refractivity contribution in [2.45, 2.75) is 13.5 Å². The topological polar surface area (TPSA) is 52.4 Å². The van der Waals surface area contributed by atoms with Gasteiger partial charge in [-0.25, -0.2) is 4.39 Å². The Hall–Kier alpha value is -2.43. The van der Waals surface area contributed by atoms with Gasteiger partial charge in [-0.2, -0.15) is 0 Å². The minimum atomic E-state index is -0.641. The van der Waals surface area contributed by atoms with E-state index in [4.69, 9.17) is 4.74 Å². The van der Waals surface area contributed by atoms with Gasteiger partial charge < -0.3 is 4.74 Å². The monoisotopic (exact) mass is 261 g/mol. The van der Waals surface area contributed by atoms with Crippen molar-refractivity contribution in [3.05, 3.63) is 69.5 Å². The highest BCUT2D eigenvalue weighted by Crippen LogP contribution is 2.20. The van der Waals surface area contributed by atoms with E-state index in [-0.39, 0.29) is 12.3 Å². The van der Waals surface area contributed by atoms with E-state index in [1.165, 1.54) is 12.1 Å². The van der Waals surface area contributed by atoms with Crippen LogP contribution in [0.2, 0.25) is 0 Å². The molecule has 2 aromatic rings. The molecule has 4 nitrogen and oxygen atoms in total. The number of nitro benzene ring substituents is 1. The summed E-state index contributed by atoms with van der Waals surface area (Å²) in [6, 6.07) is 10.8. The molecule has 0 saturated carbocycles. The van der Waals surface area contributed by atoms with Gasteiger partial charge in [0.25, 0.3) is 5.69 Å². The second kappa shape index (κ2) is 5.48. The van der Waals surface area contributed by atoms with Crippen LogP contribution in [0.3, 0.4) is 0 Å². The van der Waals surface area contributed by atoms with Gasteiger partial charge in [-0.3, -0.25) is 10.1 Å². The van der Waals surface area contributed by atoms with Gasteiger partial charge in [-0.05, 0) is 30.2 Å². The minimum absolute atomic E-state index is 0.0868. The van der Waals surface area contributed by atoms with Crippen LogP contribution in [0.25, 0.3) is 0 Å². The van der Waals surface area contributed by atoms with Crippen LogP contribution in [0.1, 0.15) is 11.1 Å². The molecule has 0 aromatic heterocycles. The Bertz CT molecular complexity index is 613. The van der Waals surface area contributed by atoms with Crippen LogP contribution in [0, 0.1) is 22.9 Å². The molecule has 0 aliphatic carbocycles. The third kappa shape index (κ3) is 3.28. The smallest absolute Gasteiger partial charge is 0.272 e. The number of hydrogen-bond donors (Lipinski definition) is 0. The molecule has 5 heteroatoms. The molecule has 0 heterocycles. The number of halogens is 1. The number of nitrogens with zero attached hydrogens (tertiary/aromatic N) is 1. The summed E-state index contributed by atoms with van der Waals surface area (Å²) in [6.45, 7) is 1.98. The maximum Gasteiger partial charge on any atom is 0.272 e. The largest absolute Gasteiger partial charge is 0.489 e. The zero-order valence-electron chi connectivity index (χ0n) is 10.3. The first-order chi connectivity index (χ1) is 9.06. The highest BCUT2D eigenvalue weighted by molar-refractivity contribution is 5.36. The first-order valence-electron chi connectivity index (χ1n) is 5.68. The molecular formula is C14H12FNO3. The van der Waals surface area contributed by atoms with Crippen LogP contribution in [-0.4, -0.2) is 4.92 Å². The third-order valence-electron chi connectivity index (χ3n) is 2.64. The number of ether oxygens (including phenoxy) is 1. The second-order valence-corrected chi connectivity index (χ2v) is 4.13. The minimum Gasteiger partial charge on any atom is -0.489 e. The normalized spacial score (nSPS) is 10.2. The molecule has 0 radical (unpaired) electrons. The summed E-state index contributed by atoms with van der Waals surface area (Å²) in [7, 11) is 0. The maximum absolute atomic E-state index is 13.2. The number of rotatable bonds is 4. The van der Waals surface area contributed by atoms with Gasteiger partial charge >= 0.3 is 0 Å². The van der Waals surface area contributed by atoms with Gasteiger partial charge in [0.2, 0.25) is 0 Å². The average molecular weight is 261 g/mol. The molecular weight excluding hydrogens is 249 g/mol. The molecule has 98 valence electrons. The lowest BCUT2D eigenvalue weighted by molar-refractivity contribution is -0.385. The Labute approximate surface area is 109 Å². The van der Waals surface area contributed by atoms with E-state index in [1.807, 2.05) is 25.1 Å². The van der Waals surface area contributed by atoms with Crippen molar-refractivity contribution < 1.29 is 14.1 Å². The van der Waals surface area contributed by atoms with Crippen molar-refractivity contribution in [3.63, 3.8) is 0 Å². The average Bonchev–Trinajstić information content (AvgIpc) is 2.37. The first-order valence-corrected chi connectivity index (χ1v) is 5.68. The van der Waals surface area contributed by atoms with E-state index in [2.05, 4.69) is 0 Å². The van der Waals surface area contributed by atoms with Crippen molar-refractivity contribution >= 4 is 5.69 Å². The van der Waals surface area contributed by atoms with E-state index in [9.17, 15) is 14.5 Å². The van der Waals surface area contributed by atoms with Gasteiger partial charge in [-0.1, -0.05) is 18.2 Å². The van der Waals surface area contributed by atoms with Gasteiger partial charge in [0.1, 0.15) is 18.2 Å². The molecule has 0 N–H and O–H groups in total. The van der Waals surface area contributed by atoms with Gasteiger partial charge in [-0.15, -0.1) is 0 Å². The summed E-state index contributed by atoms with van der Waals surface area (Å²) in [4.78, 5) is 10.0. The number of nitro groups is 1.